The second-order valence-corrected chi connectivity index (χ2v) is 7.35. The number of hydrogen-bond donors (Lipinski definition) is 1. The van der Waals surface area contributed by atoms with E-state index >= 15 is 0 Å². The minimum atomic E-state index is -0.0363. The van der Waals surface area contributed by atoms with E-state index in [1.54, 1.807) is 4.90 Å². The Bertz CT molecular complexity index is 912. The molecule has 1 aliphatic rings. The van der Waals surface area contributed by atoms with Crippen LogP contribution >= 0.6 is 0 Å². The molecule has 3 aromatic rings. The predicted octanol–water partition coefficient (Wildman–Crippen LogP) is 3.64. The molecule has 4 rings (SSSR count). The SMILES string of the molecule is CN(Cc1ccccc1)C(=O)c1nc2ccccn2c1CNC1CCCC1. The van der Waals surface area contributed by atoms with E-state index in [1.807, 2.05) is 66.2 Å². The highest BCUT2D eigenvalue weighted by Crippen LogP contribution is 2.20. The Morgan fingerprint density at radius 1 is 1.15 bits per heavy atom. The number of amides is 1. The number of pyridine rings is 1. The molecule has 0 atom stereocenters. The summed E-state index contributed by atoms with van der Waals surface area (Å²) >= 11 is 0. The van der Waals surface area contributed by atoms with Crippen molar-refractivity contribution in [3.8, 4) is 0 Å². The van der Waals surface area contributed by atoms with Crippen molar-refractivity contribution in [2.24, 2.45) is 0 Å². The molecule has 5 heteroatoms. The van der Waals surface area contributed by atoms with Crippen LogP contribution in [0.1, 0.15) is 47.4 Å². The van der Waals surface area contributed by atoms with Gasteiger partial charge in [-0.15, -0.1) is 0 Å². The van der Waals surface area contributed by atoms with Crippen LogP contribution < -0.4 is 5.32 Å². The fourth-order valence-electron chi connectivity index (χ4n) is 3.87. The Labute approximate surface area is 160 Å². The van der Waals surface area contributed by atoms with Gasteiger partial charge in [-0.3, -0.25) is 4.79 Å². The molecule has 1 amide bonds. The number of rotatable bonds is 6. The van der Waals surface area contributed by atoms with Gasteiger partial charge in [-0.1, -0.05) is 49.2 Å². The van der Waals surface area contributed by atoms with Crippen molar-refractivity contribution in [3.63, 3.8) is 0 Å². The number of benzene rings is 1. The fraction of sp³-hybridized carbons (Fsp3) is 0.364. The van der Waals surface area contributed by atoms with Gasteiger partial charge < -0.3 is 14.6 Å². The number of fused-ring (bicyclic) bond motifs is 1. The lowest BCUT2D eigenvalue weighted by atomic mass is 10.2. The number of carbonyl (C=O) groups is 1. The number of imidazole rings is 1. The predicted molar refractivity (Wildman–Crippen MR) is 107 cm³/mol. The van der Waals surface area contributed by atoms with Gasteiger partial charge in [0.1, 0.15) is 5.65 Å². The van der Waals surface area contributed by atoms with Crippen LogP contribution in [0, 0.1) is 0 Å². The molecule has 1 aromatic carbocycles. The highest BCUT2D eigenvalue weighted by molar-refractivity contribution is 5.94. The topological polar surface area (TPSA) is 49.6 Å². The lowest BCUT2D eigenvalue weighted by molar-refractivity contribution is 0.0778. The van der Waals surface area contributed by atoms with E-state index < -0.39 is 0 Å². The van der Waals surface area contributed by atoms with Gasteiger partial charge in [-0.2, -0.15) is 0 Å². The molecule has 2 aromatic heterocycles. The molecule has 5 nitrogen and oxygen atoms in total. The molecule has 0 aliphatic heterocycles. The third-order valence-electron chi connectivity index (χ3n) is 5.35. The van der Waals surface area contributed by atoms with Gasteiger partial charge in [-0.25, -0.2) is 4.98 Å². The van der Waals surface area contributed by atoms with E-state index in [2.05, 4.69) is 10.3 Å². The fourth-order valence-corrected chi connectivity index (χ4v) is 3.87. The van der Waals surface area contributed by atoms with Crippen LogP contribution in [0.2, 0.25) is 0 Å². The van der Waals surface area contributed by atoms with Crippen molar-refractivity contribution in [2.45, 2.75) is 44.8 Å². The standard InChI is InChI=1S/C22H26N4O/c1-25(16-17-9-3-2-4-10-17)22(27)21-19(15-23-18-11-5-6-12-18)26-14-8-7-13-20(26)24-21/h2-4,7-10,13-14,18,23H,5-6,11-12,15-16H2,1H3. The van der Waals surface area contributed by atoms with Gasteiger partial charge in [0.15, 0.2) is 5.69 Å². The third-order valence-corrected chi connectivity index (χ3v) is 5.35. The summed E-state index contributed by atoms with van der Waals surface area (Å²) in [5, 5.41) is 3.63. The molecule has 0 spiro atoms. The summed E-state index contributed by atoms with van der Waals surface area (Å²) < 4.78 is 2.03. The number of nitrogens with one attached hydrogen (secondary N) is 1. The second kappa shape index (κ2) is 7.92. The van der Waals surface area contributed by atoms with Crippen molar-refractivity contribution in [1.82, 2.24) is 19.6 Å². The van der Waals surface area contributed by atoms with E-state index in [4.69, 9.17) is 0 Å². The van der Waals surface area contributed by atoms with Crippen molar-refractivity contribution < 1.29 is 4.79 Å². The summed E-state index contributed by atoms with van der Waals surface area (Å²) in [5.41, 5.74) is 3.42. The van der Waals surface area contributed by atoms with Crippen LogP contribution in [0.25, 0.3) is 5.65 Å². The average Bonchev–Trinajstić information content (AvgIpc) is 3.34. The molecule has 0 unspecified atom stereocenters. The first kappa shape index (κ1) is 17.7. The second-order valence-electron chi connectivity index (χ2n) is 7.35. The van der Waals surface area contributed by atoms with Crippen LogP contribution in [0.3, 0.4) is 0 Å². The van der Waals surface area contributed by atoms with Gasteiger partial charge in [0.2, 0.25) is 0 Å². The number of carbonyl (C=O) groups excluding carboxylic acids is 1. The summed E-state index contributed by atoms with van der Waals surface area (Å²) in [6, 6.07) is 16.5. The summed E-state index contributed by atoms with van der Waals surface area (Å²) in [6.07, 6.45) is 7.00. The van der Waals surface area contributed by atoms with Crippen molar-refractivity contribution in [1.29, 1.82) is 0 Å². The molecule has 0 radical (unpaired) electrons. The molecule has 140 valence electrons. The van der Waals surface area contributed by atoms with E-state index in [1.165, 1.54) is 25.7 Å². The molecule has 1 N–H and O–H groups in total. The van der Waals surface area contributed by atoms with Gasteiger partial charge in [0.05, 0.1) is 5.69 Å². The molecule has 1 saturated carbocycles. The van der Waals surface area contributed by atoms with E-state index in [-0.39, 0.29) is 5.91 Å². The number of hydrogen-bond acceptors (Lipinski definition) is 3. The molecule has 0 saturated heterocycles. The Morgan fingerprint density at radius 3 is 2.67 bits per heavy atom. The highest BCUT2D eigenvalue weighted by atomic mass is 16.2. The van der Waals surface area contributed by atoms with Gasteiger partial charge in [0, 0.05) is 32.4 Å². The van der Waals surface area contributed by atoms with E-state index in [0.29, 0.717) is 24.8 Å². The van der Waals surface area contributed by atoms with Crippen molar-refractivity contribution in [3.05, 3.63) is 71.7 Å². The quantitative estimate of drug-likeness (QED) is 0.728. The zero-order chi connectivity index (χ0) is 18.6. The van der Waals surface area contributed by atoms with Crippen LogP contribution in [0.15, 0.2) is 54.7 Å². The normalized spacial score (nSPS) is 14.7. The van der Waals surface area contributed by atoms with Gasteiger partial charge in [0.25, 0.3) is 5.91 Å². The third kappa shape index (κ3) is 3.88. The maximum absolute atomic E-state index is 13.2. The van der Waals surface area contributed by atoms with E-state index in [9.17, 15) is 4.79 Å². The van der Waals surface area contributed by atoms with Crippen molar-refractivity contribution in [2.75, 3.05) is 7.05 Å². The number of nitrogens with zero attached hydrogens (tertiary/aromatic N) is 3. The highest BCUT2D eigenvalue weighted by Gasteiger charge is 2.23. The first-order valence-corrected chi connectivity index (χ1v) is 9.71. The summed E-state index contributed by atoms with van der Waals surface area (Å²) in [5.74, 6) is -0.0363. The molecular weight excluding hydrogens is 336 g/mol. The Morgan fingerprint density at radius 2 is 1.89 bits per heavy atom. The lowest BCUT2D eigenvalue weighted by Gasteiger charge is -2.18. The summed E-state index contributed by atoms with van der Waals surface area (Å²) in [4.78, 5) is 19.6. The van der Waals surface area contributed by atoms with Crippen LogP contribution in [0.4, 0.5) is 0 Å². The first-order chi connectivity index (χ1) is 13.2. The monoisotopic (exact) mass is 362 g/mol. The molecule has 27 heavy (non-hydrogen) atoms. The van der Waals surface area contributed by atoms with Crippen LogP contribution in [-0.4, -0.2) is 33.3 Å². The average molecular weight is 362 g/mol. The van der Waals surface area contributed by atoms with Crippen LogP contribution in [-0.2, 0) is 13.1 Å². The first-order valence-electron chi connectivity index (χ1n) is 9.71. The summed E-state index contributed by atoms with van der Waals surface area (Å²) in [6.45, 7) is 1.24. The minimum absolute atomic E-state index is 0.0363. The number of aromatic nitrogens is 2. The zero-order valence-corrected chi connectivity index (χ0v) is 15.8. The maximum atomic E-state index is 13.2. The Balaban J connectivity index is 1.59. The molecule has 0 bridgehead atoms. The van der Waals surface area contributed by atoms with Gasteiger partial charge >= 0.3 is 0 Å². The zero-order valence-electron chi connectivity index (χ0n) is 15.8. The maximum Gasteiger partial charge on any atom is 0.274 e. The Kier molecular flexibility index (Phi) is 5.21. The van der Waals surface area contributed by atoms with E-state index in [0.717, 1.165) is 16.9 Å². The molecule has 1 fully saturated rings. The summed E-state index contributed by atoms with van der Waals surface area (Å²) in [7, 11) is 1.84. The molecular formula is C22H26N4O. The lowest BCUT2D eigenvalue weighted by Crippen LogP contribution is -2.30. The van der Waals surface area contributed by atoms with Gasteiger partial charge in [-0.05, 0) is 30.5 Å². The Hall–Kier alpha value is -2.66. The minimum Gasteiger partial charge on any atom is -0.336 e. The van der Waals surface area contributed by atoms with Crippen molar-refractivity contribution >= 4 is 11.6 Å². The van der Waals surface area contributed by atoms with Crippen LogP contribution in [0.5, 0.6) is 0 Å². The largest absolute Gasteiger partial charge is 0.336 e. The molecule has 2 heterocycles. The smallest absolute Gasteiger partial charge is 0.274 e. The molecule has 1 aliphatic carbocycles.